The number of benzene rings is 2. The number of nitrogens with zero attached hydrogens (tertiary/aromatic N) is 2. The minimum absolute atomic E-state index is 0.116. The summed E-state index contributed by atoms with van der Waals surface area (Å²) in [6.45, 7) is 10.6. The summed E-state index contributed by atoms with van der Waals surface area (Å²) in [6, 6.07) is 17.0. The third-order valence-corrected chi connectivity index (χ3v) is 6.82. The van der Waals surface area contributed by atoms with Gasteiger partial charge < -0.3 is 4.90 Å². The first kappa shape index (κ1) is 20.9. The van der Waals surface area contributed by atoms with Crippen LogP contribution in [0, 0.1) is 6.92 Å². The van der Waals surface area contributed by atoms with E-state index in [9.17, 15) is 4.79 Å². The fraction of sp³-hybridized carbons (Fsp3) is 0.444. The first-order valence-corrected chi connectivity index (χ1v) is 11.3. The monoisotopic (exact) mass is 402 g/mol. The first-order valence-electron chi connectivity index (χ1n) is 11.3. The third-order valence-electron chi connectivity index (χ3n) is 6.82. The number of likely N-dealkylation sites (tertiary alicyclic amines) is 1. The molecule has 0 aromatic heterocycles. The number of carbonyl (C=O) groups is 1. The maximum Gasteiger partial charge on any atom is 0.227 e. The molecule has 1 fully saturated rings. The van der Waals surface area contributed by atoms with Gasteiger partial charge in [-0.15, -0.1) is 0 Å². The van der Waals surface area contributed by atoms with Crippen molar-refractivity contribution in [1.82, 2.24) is 4.90 Å². The summed E-state index contributed by atoms with van der Waals surface area (Å²) in [5.41, 5.74) is 6.57. The summed E-state index contributed by atoms with van der Waals surface area (Å²) in [5.74, 6) is 0.257. The Labute approximate surface area is 181 Å². The minimum Gasteiger partial charge on any atom is -0.311 e. The number of anilines is 1. The second kappa shape index (κ2) is 8.77. The zero-order chi connectivity index (χ0) is 21.1. The van der Waals surface area contributed by atoms with Crippen molar-refractivity contribution in [3.05, 3.63) is 76.9 Å². The van der Waals surface area contributed by atoms with Crippen LogP contribution >= 0.6 is 0 Å². The lowest BCUT2D eigenvalue weighted by Crippen LogP contribution is -2.46. The molecule has 4 rings (SSSR count). The van der Waals surface area contributed by atoms with Crippen molar-refractivity contribution in [2.45, 2.75) is 51.9 Å². The van der Waals surface area contributed by atoms with Crippen LogP contribution in [0.2, 0.25) is 0 Å². The lowest BCUT2D eigenvalue weighted by Gasteiger charge is -2.39. The molecule has 0 N–H and O–H groups in total. The van der Waals surface area contributed by atoms with Gasteiger partial charge in [-0.1, -0.05) is 59.7 Å². The summed E-state index contributed by atoms with van der Waals surface area (Å²) in [5, 5.41) is 0. The Morgan fingerprint density at radius 1 is 1.07 bits per heavy atom. The fourth-order valence-corrected chi connectivity index (χ4v) is 4.94. The molecular weight excluding hydrogens is 368 g/mol. The molecule has 30 heavy (non-hydrogen) atoms. The van der Waals surface area contributed by atoms with E-state index >= 15 is 0 Å². The van der Waals surface area contributed by atoms with Crippen LogP contribution in [-0.4, -0.2) is 37.0 Å². The summed E-state index contributed by atoms with van der Waals surface area (Å²) < 4.78 is 0. The van der Waals surface area contributed by atoms with E-state index < -0.39 is 0 Å². The van der Waals surface area contributed by atoms with Crippen LogP contribution in [0.15, 0.2) is 60.2 Å². The van der Waals surface area contributed by atoms with Gasteiger partial charge in [0.1, 0.15) is 0 Å². The number of hydrogen-bond acceptors (Lipinski definition) is 2. The lowest BCUT2D eigenvalue weighted by atomic mass is 9.74. The average Bonchev–Trinajstić information content (AvgIpc) is 3.06. The Kier molecular flexibility index (Phi) is 6.10. The molecule has 0 saturated carbocycles. The SMILES string of the molecule is CC(C)=CCN1CCC2(CC1)CN(C(=O)CCc1ccccc1)c1ccc(C)cc12. The molecule has 0 unspecified atom stereocenters. The number of rotatable bonds is 5. The number of amides is 1. The van der Waals surface area contributed by atoms with Crippen LogP contribution in [0.1, 0.15) is 49.8 Å². The van der Waals surface area contributed by atoms with Crippen LogP contribution in [0.5, 0.6) is 0 Å². The number of allylic oxidation sites excluding steroid dienone is 1. The highest BCUT2D eigenvalue weighted by atomic mass is 16.2. The van der Waals surface area contributed by atoms with Gasteiger partial charge in [-0.05, 0) is 70.3 Å². The number of carbonyl (C=O) groups excluding carboxylic acids is 1. The van der Waals surface area contributed by atoms with E-state index in [1.54, 1.807) is 0 Å². The molecule has 0 aliphatic carbocycles. The number of fused-ring (bicyclic) bond motifs is 2. The van der Waals surface area contributed by atoms with Gasteiger partial charge in [0, 0.05) is 30.6 Å². The highest BCUT2D eigenvalue weighted by Crippen LogP contribution is 2.47. The van der Waals surface area contributed by atoms with Crippen molar-refractivity contribution in [3.63, 3.8) is 0 Å². The first-order chi connectivity index (χ1) is 14.5. The van der Waals surface area contributed by atoms with Gasteiger partial charge in [0.2, 0.25) is 5.91 Å². The molecular formula is C27H34N2O. The number of aryl methyl sites for hydroxylation is 2. The van der Waals surface area contributed by atoms with Crippen molar-refractivity contribution >= 4 is 11.6 Å². The molecule has 0 bridgehead atoms. The molecule has 1 spiro atoms. The second-order valence-electron chi connectivity index (χ2n) is 9.35. The molecule has 2 aromatic carbocycles. The van der Waals surface area contributed by atoms with Crippen molar-refractivity contribution in [2.75, 3.05) is 31.1 Å². The molecule has 0 atom stereocenters. The van der Waals surface area contributed by atoms with E-state index in [0.717, 1.165) is 51.1 Å². The van der Waals surface area contributed by atoms with Crippen LogP contribution in [0.4, 0.5) is 5.69 Å². The highest BCUT2D eigenvalue weighted by molar-refractivity contribution is 5.96. The second-order valence-corrected chi connectivity index (χ2v) is 9.35. The molecule has 3 nitrogen and oxygen atoms in total. The Balaban J connectivity index is 1.50. The normalized spacial score (nSPS) is 17.8. The van der Waals surface area contributed by atoms with Gasteiger partial charge in [0.15, 0.2) is 0 Å². The van der Waals surface area contributed by atoms with Gasteiger partial charge >= 0.3 is 0 Å². The summed E-state index contributed by atoms with van der Waals surface area (Å²) >= 11 is 0. The van der Waals surface area contributed by atoms with Gasteiger partial charge in [-0.3, -0.25) is 9.69 Å². The van der Waals surface area contributed by atoms with Crippen LogP contribution in [0.3, 0.4) is 0 Å². The van der Waals surface area contributed by atoms with Gasteiger partial charge in [-0.2, -0.15) is 0 Å². The maximum atomic E-state index is 13.2. The Bertz CT molecular complexity index is 919. The minimum atomic E-state index is 0.116. The van der Waals surface area contributed by atoms with E-state index in [4.69, 9.17) is 0 Å². The predicted molar refractivity (Wildman–Crippen MR) is 125 cm³/mol. The van der Waals surface area contributed by atoms with Crippen molar-refractivity contribution in [1.29, 1.82) is 0 Å². The highest BCUT2D eigenvalue weighted by Gasteiger charge is 2.46. The Morgan fingerprint density at radius 2 is 1.80 bits per heavy atom. The molecule has 0 radical (unpaired) electrons. The molecule has 3 heteroatoms. The van der Waals surface area contributed by atoms with Crippen molar-refractivity contribution in [3.8, 4) is 0 Å². The summed E-state index contributed by atoms with van der Waals surface area (Å²) in [7, 11) is 0. The molecule has 2 aliphatic heterocycles. The zero-order valence-corrected chi connectivity index (χ0v) is 18.7. The van der Waals surface area contributed by atoms with Gasteiger partial charge in [0.25, 0.3) is 0 Å². The Morgan fingerprint density at radius 3 is 2.50 bits per heavy atom. The average molecular weight is 403 g/mol. The smallest absolute Gasteiger partial charge is 0.227 e. The van der Waals surface area contributed by atoms with Crippen molar-refractivity contribution < 1.29 is 4.79 Å². The van der Waals surface area contributed by atoms with Gasteiger partial charge in [0.05, 0.1) is 0 Å². The largest absolute Gasteiger partial charge is 0.311 e. The summed E-state index contributed by atoms with van der Waals surface area (Å²) in [4.78, 5) is 17.9. The molecule has 2 aromatic rings. The quantitative estimate of drug-likeness (QED) is 0.636. The molecule has 1 saturated heterocycles. The predicted octanol–water partition coefficient (Wildman–Crippen LogP) is 5.27. The molecule has 2 aliphatic rings. The third kappa shape index (κ3) is 4.37. The van der Waals surface area contributed by atoms with E-state index in [-0.39, 0.29) is 11.3 Å². The topological polar surface area (TPSA) is 23.6 Å². The molecule has 1 amide bonds. The Hall–Kier alpha value is -2.39. The lowest BCUT2D eigenvalue weighted by molar-refractivity contribution is -0.118. The number of piperidine rings is 1. The van der Waals surface area contributed by atoms with Gasteiger partial charge in [-0.25, -0.2) is 0 Å². The van der Waals surface area contributed by atoms with E-state index in [2.05, 4.69) is 67.0 Å². The van der Waals surface area contributed by atoms with E-state index in [0.29, 0.717) is 6.42 Å². The van der Waals surface area contributed by atoms with Crippen LogP contribution in [-0.2, 0) is 16.6 Å². The fourth-order valence-electron chi connectivity index (χ4n) is 4.94. The van der Waals surface area contributed by atoms with Crippen LogP contribution in [0.25, 0.3) is 0 Å². The van der Waals surface area contributed by atoms with E-state index in [1.165, 1.54) is 22.3 Å². The standard InChI is InChI=1S/C27H34N2O/c1-21(2)13-16-28-17-14-27(15-18-28)20-29(25-11-9-22(3)19-24(25)27)26(30)12-10-23-7-5-4-6-8-23/h4-9,11,13,19H,10,12,14-18,20H2,1-3H3. The number of hydrogen-bond donors (Lipinski definition) is 0. The van der Waals surface area contributed by atoms with Crippen LogP contribution < -0.4 is 4.90 Å². The zero-order valence-electron chi connectivity index (χ0n) is 18.7. The molecule has 158 valence electrons. The van der Waals surface area contributed by atoms with Crippen molar-refractivity contribution in [2.24, 2.45) is 0 Å². The maximum absolute atomic E-state index is 13.2. The summed E-state index contributed by atoms with van der Waals surface area (Å²) in [6.07, 6.45) is 5.95. The van der Waals surface area contributed by atoms with E-state index in [1.807, 2.05) is 18.2 Å². The molecule has 2 heterocycles.